The summed E-state index contributed by atoms with van der Waals surface area (Å²) in [6.45, 7) is 5.77. The average Bonchev–Trinajstić information content (AvgIpc) is 3.03. The van der Waals surface area contributed by atoms with Crippen LogP contribution in [0.3, 0.4) is 0 Å². The van der Waals surface area contributed by atoms with Crippen molar-refractivity contribution in [2.24, 2.45) is 7.05 Å². The molecule has 1 fully saturated rings. The highest BCUT2D eigenvalue weighted by atomic mass is 16.2. The molecule has 1 unspecified atom stereocenters. The van der Waals surface area contributed by atoms with Gasteiger partial charge in [0.2, 0.25) is 5.91 Å². The fourth-order valence-corrected chi connectivity index (χ4v) is 2.80. The smallest absolute Gasteiger partial charge is 0.237 e. The third-order valence-corrected chi connectivity index (χ3v) is 3.84. The van der Waals surface area contributed by atoms with Crippen molar-refractivity contribution in [3.05, 3.63) is 17.0 Å². The molecule has 0 spiro atoms. The molecular weight excluding hydrogens is 240 g/mol. The second-order valence-electron chi connectivity index (χ2n) is 5.07. The molecule has 1 amide bonds. The van der Waals surface area contributed by atoms with Crippen molar-refractivity contribution in [2.45, 2.75) is 52.1 Å². The number of amides is 1. The zero-order chi connectivity index (χ0) is 13.8. The van der Waals surface area contributed by atoms with E-state index in [1.54, 1.807) is 0 Å². The van der Waals surface area contributed by atoms with E-state index in [0.717, 1.165) is 37.9 Å². The predicted octanol–water partition coefficient (Wildman–Crippen LogP) is 0.913. The van der Waals surface area contributed by atoms with Gasteiger partial charge in [-0.1, -0.05) is 13.8 Å². The Balaban J connectivity index is 2.03. The van der Waals surface area contributed by atoms with Gasteiger partial charge in [0, 0.05) is 24.8 Å². The Labute approximate surface area is 114 Å². The molecule has 1 atom stereocenters. The van der Waals surface area contributed by atoms with E-state index in [1.165, 1.54) is 11.3 Å². The number of hydrogen-bond acceptors (Lipinski definition) is 3. The molecule has 1 aliphatic heterocycles. The molecule has 1 aliphatic rings. The molecule has 5 nitrogen and oxygen atoms in total. The van der Waals surface area contributed by atoms with E-state index >= 15 is 0 Å². The van der Waals surface area contributed by atoms with Gasteiger partial charge in [0.25, 0.3) is 0 Å². The van der Waals surface area contributed by atoms with Gasteiger partial charge < -0.3 is 10.6 Å². The van der Waals surface area contributed by atoms with E-state index in [4.69, 9.17) is 0 Å². The SMILES string of the molecule is CCc1nn(C)c(CC)c1CNC(=O)C1CCCN1. The highest BCUT2D eigenvalue weighted by Crippen LogP contribution is 2.15. The Morgan fingerprint density at radius 2 is 2.26 bits per heavy atom. The van der Waals surface area contributed by atoms with Gasteiger partial charge in [0.1, 0.15) is 0 Å². The van der Waals surface area contributed by atoms with Gasteiger partial charge in [-0.15, -0.1) is 0 Å². The minimum absolute atomic E-state index is 0.00757. The molecule has 0 radical (unpaired) electrons. The molecular formula is C14H24N4O. The second-order valence-corrected chi connectivity index (χ2v) is 5.07. The van der Waals surface area contributed by atoms with Crippen molar-refractivity contribution < 1.29 is 4.79 Å². The lowest BCUT2D eigenvalue weighted by Crippen LogP contribution is -2.40. The van der Waals surface area contributed by atoms with Gasteiger partial charge in [0.05, 0.1) is 11.7 Å². The molecule has 1 aromatic rings. The van der Waals surface area contributed by atoms with Crippen LogP contribution in [0, 0.1) is 0 Å². The molecule has 2 heterocycles. The lowest BCUT2D eigenvalue weighted by Gasteiger charge is -2.12. The van der Waals surface area contributed by atoms with Crippen LogP contribution >= 0.6 is 0 Å². The standard InChI is InChI=1S/C14H24N4O/c1-4-11-10(13(5-2)18(3)17-11)9-16-14(19)12-7-6-8-15-12/h12,15H,4-9H2,1-3H3,(H,16,19). The first kappa shape index (κ1) is 14.1. The molecule has 1 saturated heterocycles. The Hall–Kier alpha value is -1.36. The topological polar surface area (TPSA) is 59.0 Å². The summed E-state index contributed by atoms with van der Waals surface area (Å²) < 4.78 is 1.94. The van der Waals surface area contributed by atoms with E-state index in [1.807, 2.05) is 11.7 Å². The van der Waals surface area contributed by atoms with Crippen LogP contribution in [0.4, 0.5) is 0 Å². The number of nitrogens with one attached hydrogen (secondary N) is 2. The van der Waals surface area contributed by atoms with Crippen molar-refractivity contribution in [3.8, 4) is 0 Å². The minimum Gasteiger partial charge on any atom is -0.351 e. The first-order chi connectivity index (χ1) is 9.17. The average molecular weight is 264 g/mol. The van der Waals surface area contributed by atoms with Gasteiger partial charge >= 0.3 is 0 Å². The summed E-state index contributed by atoms with van der Waals surface area (Å²) >= 11 is 0. The summed E-state index contributed by atoms with van der Waals surface area (Å²) in [5.74, 6) is 0.116. The van der Waals surface area contributed by atoms with Gasteiger partial charge in [-0.25, -0.2) is 0 Å². The molecule has 0 aromatic carbocycles. The Morgan fingerprint density at radius 1 is 1.47 bits per heavy atom. The monoisotopic (exact) mass is 264 g/mol. The van der Waals surface area contributed by atoms with Gasteiger partial charge in [0.15, 0.2) is 0 Å². The van der Waals surface area contributed by atoms with Crippen LogP contribution < -0.4 is 10.6 Å². The largest absolute Gasteiger partial charge is 0.351 e. The summed E-state index contributed by atoms with van der Waals surface area (Å²) in [5.41, 5.74) is 3.51. The summed E-state index contributed by atoms with van der Waals surface area (Å²) in [6.07, 6.45) is 3.88. The van der Waals surface area contributed by atoms with Crippen molar-refractivity contribution in [3.63, 3.8) is 0 Å². The van der Waals surface area contributed by atoms with Gasteiger partial charge in [-0.05, 0) is 32.2 Å². The van der Waals surface area contributed by atoms with Gasteiger partial charge in [-0.3, -0.25) is 9.48 Å². The highest BCUT2D eigenvalue weighted by molar-refractivity contribution is 5.82. The van der Waals surface area contributed by atoms with E-state index in [9.17, 15) is 4.79 Å². The molecule has 1 aromatic heterocycles. The third-order valence-electron chi connectivity index (χ3n) is 3.84. The number of aryl methyl sites for hydroxylation is 2. The van der Waals surface area contributed by atoms with E-state index in [0.29, 0.717) is 6.54 Å². The normalized spacial score (nSPS) is 18.8. The highest BCUT2D eigenvalue weighted by Gasteiger charge is 2.22. The van der Waals surface area contributed by atoms with Crippen LogP contribution in [0.25, 0.3) is 0 Å². The fourth-order valence-electron chi connectivity index (χ4n) is 2.80. The molecule has 2 N–H and O–H groups in total. The van der Waals surface area contributed by atoms with Crippen LogP contribution in [0.15, 0.2) is 0 Å². The number of hydrogen-bond donors (Lipinski definition) is 2. The van der Waals surface area contributed by atoms with Crippen LogP contribution in [0.5, 0.6) is 0 Å². The third kappa shape index (κ3) is 2.97. The summed E-state index contributed by atoms with van der Waals surface area (Å²) in [6, 6.07) is -0.00757. The lowest BCUT2D eigenvalue weighted by atomic mass is 10.1. The Kier molecular flexibility index (Phi) is 4.58. The predicted molar refractivity (Wildman–Crippen MR) is 74.8 cm³/mol. The van der Waals surface area contributed by atoms with Gasteiger partial charge in [-0.2, -0.15) is 5.10 Å². The first-order valence-corrected chi connectivity index (χ1v) is 7.22. The zero-order valence-electron chi connectivity index (χ0n) is 12.1. The number of nitrogens with zero attached hydrogens (tertiary/aromatic N) is 2. The number of carbonyl (C=O) groups excluding carboxylic acids is 1. The van der Waals surface area contributed by atoms with Crippen LogP contribution in [-0.4, -0.2) is 28.3 Å². The summed E-state index contributed by atoms with van der Waals surface area (Å²) in [5, 5.41) is 10.8. The van der Waals surface area contributed by atoms with Crippen molar-refractivity contribution in [2.75, 3.05) is 6.54 Å². The maximum atomic E-state index is 12.0. The Bertz CT molecular complexity index is 447. The summed E-state index contributed by atoms with van der Waals surface area (Å²) in [7, 11) is 1.97. The number of carbonyl (C=O) groups is 1. The van der Waals surface area contributed by atoms with Crippen molar-refractivity contribution in [1.29, 1.82) is 0 Å². The van der Waals surface area contributed by atoms with Crippen LogP contribution in [0.2, 0.25) is 0 Å². The van der Waals surface area contributed by atoms with Crippen molar-refractivity contribution >= 4 is 5.91 Å². The molecule has 106 valence electrons. The van der Waals surface area contributed by atoms with E-state index < -0.39 is 0 Å². The summed E-state index contributed by atoms with van der Waals surface area (Å²) in [4.78, 5) is 12.0. The maximum Gasteiger partial charge on any atom is 0.237 e. The van der Waals surface area contributed by atoms with Crippen LogP contribution in [-0.2, 0) is 31.2 Å². The first-order valence-electron chi connectivity index (χ1n) is 7.22. The Morgan fingerprint density at radius 3 is 2.84 bits per heavy atom. The van der Waals surface area contributed by atoms with Crippen LogP contribution in [0.1, 0.15) is 43.6 Å². The molecule has 2 rings (SSSR count). The second kappa shape index (κ2) is 6.19. The molecule has 19 heavy (non-hydrogen) atoms. The zero-order valence-corrected chi connectivity index (χ0v) is 12.1. The number of aromatic nitrogens is 2. The molecule has 5 heteroatoms. The lowest BCUT2D eigenvalue weighted by molar-refractivity contribution is -0.122. The molecule has 0 bridgehead atoms. The van der Waals surface area contributed by atoms with Crippen molar-refractivity contribution in [1.82, 2.24) is 20.4 Å². The minimum atomic E-state index is -0.00757. The van der Waals surface area contributed by atoms with E-state index in [2.05, 4.69) is 29.6 Å². The van der Waals surface area contributed by atoms with E-state index in [-0.39, 0.29) is 11.9 Å². The number of rotatable bonds is 5. The maximum absolute atomic E-state index is 12.0. The fraction of sp³-hybridized carbons (Fsp3) is 0.714. The quantitative estimate of drug-likeness (QED) is 0.831. The molecule has 0 aliphatic carbocycles. The molecule has 0 saturated carbocycles.